The monoisotopic (exact) mass is 263 g/mol. The number of hydrogen-bond acceptors (Lipinski definition) is 2. The van der Waals surface area contributed by atoms with Gasteiger partial charge in [0.15, 0.2) is 0 Å². The lowest BCUT2D eigenvalue weighted by molar-refractivity contribution is -0.119. The molecular weight excluding hydrogens is 245 g/mol. The van der Waals surface area contributed by atoms with Crippen molar-refractivity contribution < 1.29 is 13.9 Å². The largest absolute Gasteiger partial charge is 0.381 e. The predicted octanol–water partition coefficient (Wildman–Crippen LogP) is 3.07. The fourth-order valence-electron chi connectivity index (χ4n) is 2.64. The molecule has 0 aromatic heterocycles. The second-order valence-corrected chi connectivity index (χ2v) is 5.41. The van der Waals surface area contributed by atoms with Crippen molar-refractivity contribution in [1.82, 2.24) is 0 Å². The Bertz CT molecular complexity index is 479. The first-order valence-electron chi connectivity index (χ1n) is 6.92. The molecule has 102 valence electrons. The average molecular weight is 263 g/mol. The molecular formula is C15H18FNO2. The minimum Gasteiger partial charge on any atom is -0.381 e. The Kier molecular flexibility index (Phi) is 3.51. The van der Waals surface area contributed by atoms with Crippen molar-refractivity contribution in [3.8, 4) is 0 Å². The summed E-state index contributed by atoms with van der Waals surface area (Å²) < 4.78 is 18.9. The lowest BCUT2D eigenvalue weighted by atomic mass is 9.80. The van der Waals surface area contributed by atoms with Crippen LogP contribution in [0.4, 0.5) is 10.1 Å². The van der Waals surface area contributed by atoms with Gasteiger partial charge < -0.3 is 10.1 Å². The topological polar surface area (TPSA) is 38.3 Å². The van der Waals surface area contributed by atoms with E-state index in [1.54, 1.807) is 12.1 Å². The van der Waals surface area contributed by atoms with Gasteiger partial charge in [-0.1, -0.05) is 6.42 Å². The highest BCUT2D eigenvalue weighted by atomic mass is 19.1. The molecule has 2 aliphatic rings. The highest BCUT2D eigenvalue weighted by Crippen LogP contribution is 2.38. The van der Waals surface area contributed by atoms with Gasteiger partial charge in [0.1, 0.15) is 5.82 Å². The molecule has 1 saturated heterocycles. The molecule has 0 unspecified atom stereocenters. The molecule has 1 amide bonds. The molecule has 1 aromatic rings. The minimum atomic E-state index is -0.160. The molecule has 1 aliphatic heterocycles. The summed E-state index contributed by atoms with van der Waals surface area (Å²) in [6, 6.07) is 4.87. The zero-order valence-electron chi connectivity index (χ0n) is 10.8. The van der Waals surface area contributed by atoms with Gasteiger partial charge in [0, 0.05) is 12.3 Å². The smallest absolute Gasteiger partial charge is 0.229 e. The van der Waals surface area contributed by atoms with Crippen LogP contribution in [0.15, 0.2) is 18.2 Å². The number of rotatable bonds is 3. The standard InChI is InChI=1S/C15H18FNO2/c16-14-5-4-12(8-13(14)10-2-1-3-10)17-15(18)11-6-7-19-9-11/h4-5,8,10-11H,1-3,6-7,9H2,(H,17,18)/t11-/m1/s1. The van der Waals surface area contributed by atoms with Crippen LogP contribution in [0.1, 0.15) is 37.2 Å². The maximum absolute atomic E-state index is 13.7. The van der Waals surface area contributed by atoms with E-state index in [2.05, 4.69) is 5.32 Å². The molecule has 3 nitrogen and oxygen atoms in total. The van der Waals surface area contributed by atoms with Gasteiger partial charge in [0.05, 0.1) is 12.5 Å². The lowest BCUT2D eigenvalue weighted by Crippen LogP contribution is -2.23. The SMILES string of the molecule is O=C(Nc1ccc(F)c(C2CCC2)c1)[C@@H]1CCOC1. The maximum Gasteiger partial charge on any atom is 0.229 e. The van der Waals surface area contributed by atoms with Crippen LogP contribution in [-0.2, 0) is 9.53 Å². The van der Waals surface area contributed by atoms with Gasteiger partial charge in [-0.3, -0.25) is 4.79 Å². The molecule has 19 heavy (non-hydrogen) atoms. The van der Waals surface area contributed by atoms with E-state index in [-0.39, 0.29) is 17.6 Å². The van der Waals surface area contributed by atoms with Crippen LogP contribution in [0, 0.1) is 11.7 Å². The third-order valence-electron chi connectivity index (χ3n) is 4.11. The molecule has 4 heteroatoms. The van der Waals surface area contributed by atoms with Gasteiger partial charge in [-0.25, -0.2) is 4.39 Å². The molecule has 0 radical (unpaired) electrons. The van der Waals surface area contributed by atoms with Gasteiger partial charge in [-0.2, -0.15) is 0 Å². The number of benzene rings is 1. The molecule has 1 atom stereocenters. The van der Waals surface area contributed by atoms with Gasteiger partial charge in [0.2, 0.25) is 5.91 Å². The molecule has 3 rings (SSSR count). The summed E-state index contributed by atoms with van der Waals surface area (Å²) in [7, 11) is 0. The van der Waals surface area contributed by atoms with Crippen LogP contribution in [0.2, 0.25) is 0 Å². The first-order valence-corrected chi connectivity index (χ1v) is 6.92. The summed E-state index contributed by atoms with van der Waals surface area (Å²) in [4.78, 5) is 12.0. The highest BCUT2D eigenvalue weighted by Gasteiger charge is 2.25. The third kappa shape index (κ3) is 2.63. The summed E-state index contributed by atoms with van der Waals surface area (Å²) in [5.41, 5.74) is 1.44. The van der Waals surface area contributed by atoms with Crippen LogP contribution in [-0.4, -0.2) is 19.1 Å². The quantitative estimate of drug-likeness (QED) is 0.910. The molecule has 1 aromatic carbocycles. The van der Waals surface area contributed by atoms with Crippen molar-refractivity contribution in [1.29, 1.82) is 0 Å². The Morgan fingerprint density at radius 3 is 2.79 bits per heavy atom. The van der Waals surface area contributed by atoms with Gasteiger partial charge in [-0.15, -0.1) is 0 Å². The maximum atomic E-state index is 13.7. The summed E-state index contributed by atoms with van der Waals surface area (Å²) >= 11 is 0. The Labute approximate surface area is 112 Å². The van der Waals surface area contributed by atoms with Crippen molar-refractivity contribution >= 4 is 11.6 Å². The van der Waals surface area contributed by atoms with E-state index in [1.165, 1.54) is 12.5 Å². The number of ether oxygens (including phenoxy) is 1. The fourth-order valence-corrected chi connectivity index (χ4v) is 2.64. The molecule has 1 saturated carbocycles. The number of carbonyl (C=O) groups excluding carboxylic acids is 1. The van der Waals surface area contributed by atoms with E-state index in [9.17, 15) is 9.18 Å². The van der Waals surface area contributed by atoms with E-state index in [4.69, 9.17) is 4.74 Å². The van der Waals surface area contributed by atoms with Crippen LogP contribution in [0.25, 0.3) is 0 Å². The number of hydrogen-bond donors (Lipinski definition) is 1. The van der Waals surface area contributed by atoms with Gasteiger partial charge >= 0.3 is 0 Å². The zero-order chi connectivity index (χ0) is 13.2. The van der Waals surface area contributed by atoms with Crippen LogP contribution >= 0.6 is 0 Å². The van der Waals surface area contributed by atoms with Crippen molar-refractivity contribution in [2.24, 2.45) is 5.92 Å². The van der Waals surface area contributed by atoms with E-state index in [1.807, 2.05) is 0 Å². The molecule has 2 fully saturated rings. The summed E-state index contributed by atoms with van der Waals surface area (Å²) in [6.45, 7) is 1.14. The van der Waals surface area contributed by atoms with Crippen molar-refractivity contribution in [2.45, 2.75) is 31.6 Å². The second kappa shape index (κ2) is 5.29. The summed E-state index contributed by atoms with van der Waals surface area (Å²) in [5, 5.41) is 2.87. The summed E-state index contributed by atoms with van der Waals surface area (Å²) in [6.07, 6.45) is 4.03. The van der Waals surface area contributed by atoms with Gasteiger partial charge in [-0.05, 0) is 48.9 Å². The molecule has 1 heterocycles. The Balaban J connectivity index is 1.71. The molecule has 1 N–H and O–H groups in total. The highest BCUT2D eigenvalue weighted by molar-refractivity contribution is 5.92. The number of anilines is 1. The van der Waals surface area contributed by atoms with Crippen LogP contribution in [0.5, 0.6) is 0 Å². The lowest BCUT2D eigenvalue weighted by Gasteiger charge is -2.26. The van der Waals surface area contributed by atoms with Crippen molar-refractivity contribution in [3.05, 3.63) is 29.6 Å². The van der Waals surface area contributed by atoms with Crippen molar-refractivity contribution in [3.63, 3.8) is 0 Å². The Hall–Kier alpha value is -1.42. The van der Waals surface area contributed by atoms with Crippen LogP contribution < -0.4 is 5.32 Å². The Morgan fingerprint density at radius 1 is 1.32 bits per heavy atom. The minimum absolute atomic E-state index is 0.0244. The first kappa shape index (κ1) is 12.6. The number of carbonyl (C=O) groups is 1. The third-order valence-corrected chi connectivity index (χ3v) is 4.11. The van der Waals surface area contributed by atoms with E-state index >= 15 is 0 Å². The molecule has 1 aliphatic carbocycles. The molecule has 0 spiro atoms. The van der Waals surface area contributed by atoms with Gasteiger partial charge in [0.25, 0.3) is 0 Å². The number of halogens is 1. The average Bonchev–Trinajstić information content (AvgIpc) is 2.85. The predicted molar refractivity (Wildman–Crippen MR) is 70.5 cm³/mol. The number of amides is 1. The van der Waals surface area contributed by atoms with E-state index in [0.717, 1.165) is 24.8 Å². The normalized spacial score (nSPS) is 23.1. The van der Waals surface area contributed by atoms with Crippen LogP contribution in [0.3, 0.4) is 0 Å². The Morgan fingerprint density at radius 2 is 2.16 bits per heavy atom. The van der Waals surface area contributed by atoms with E-state index in [0.29, 0.717) is 24.8 Å². The zero-order valence-corrected chi connectivity index (χ0v) is 10.8. The fraction of sp³-hybridized carbons (Fsp3) is 0.533. The van der Waals surface area contributed by atoms with Crippen molar-refractivity contribution in [2.75, 3.05) is 18.5 Å². The number of nitrogens with one attached hydrogen (secondary N) is 1. The first-order chi connectivity index (χ1) is 9.24. The summed E-state index contributed by atoms with van der Waals surface area (Å²) in [5.74, 6) is 0.0689. The molecule has 0 bridgehead atoms. The van der Waals surface area contributed by atoms with E-state index < -0.39 is 0 Å². The second-order valence-electron chi connectivity index (χ2n) is 5.41.